The number of aromatic nitrogens is 6. The number of hydrogen-bond donors (Lipinski definition) is 3. The zero-order valence-corrected chi connectivity index (χ0v) is 44.2. The molecule has 79 heavy (non-hydrogen) atoms. The van der Waals surface area contributed by atoms with Crippen molar-refractivity contribution in [2.45, 2.75) is 68.6 Å². The lowest BCUT2D eigenvalue weighted by Crippen LogP contribution is -2.62. The first kappa shape index (κ1) is 53.2. The quantitative estimate of drug-likeness (QED) is 0.0750. The van der Waals surface area contributed by atoms with Crippen molar-refractivity contribution < 1.29 is 46.4 Å². The Morgan fingerprint density at radius 1 is 0.886 bits per heavy atom. The maximum Gasteiger partial charge on any atom is 0.319 e. The van der Waals surface area contributed by atoms with E-state index in [1.807, 2.05) is 21.9 Å². The van der Waals surface area contributed by atoms with Crippen LogP contribution in [0.2, 0.25) is 5.02 Å². The van der Waals surface area contributed by atoms with Gasteiger partial charge in [0.1, 0.15) is 60.1 Å². The fourth-order valence-corrected chi connectivity index (χ4v) is 12.1. The number of hydrogen-bond acceptors (Lipinski definition) is 16. The van der Waals surface area contributed by atoms with Crippen LogP contribution in [0.5, 0.6) is 17.8 Å². The number of ether oxygens (including phenoxy) is 5. The maximum atomic E-state index is 17.0. The molecule has 5 fully saturated rings. The van der Waals surface area contributed by atoms with Gasteiger partial charge in [0.25, 0.3) is 11.9 Å². The van der Waals surface area contributed by atoms with Gasteiger partial charge >= 0.3 is 6.01 Å². The summed E-state index contributed by atoms with van der Waals surface area (Å²) in [5.41, 5.74) is 9.09. The molecule has 0 bridgehead atoms. The lowest BCUT2D eigenvalue weighted by atomic mass is 9.96. The summed E-state index contributed by atoms with van der Waals surface area (Å²) in [6.45, 7) is 7.13. The van der Waals surface area contributed by atoms with E-state index in [2.05, 4.69) is 42.7 Å². The molecule has 0 amide bonds. The summed E-state index contributed by atoms with van der Waals surface area (Å²) >= 11 is 6.67. The number of rotatable bonds is 14. The molecule has 7 atom stereocenters. The molecule has 17 nitrogen and oxygen atoms in total. The van der Waals surface area contributed by atoms with Gasteiger partial charge in [0, 0.05) is 87.7 Å². The molecule has 0 radical (unpaired) electrons. The number of nitrogens with zero attached hydrogens (tertiary/aromatic N) is 9. The van der Waals surface area contributed by atoms with Crippen LogP contribution < -0.4 is 24.8 Å². The molecule has 2 unspecified atom stereocenters. The number of terminal acetylenes is 1. The van der Waals surface area contributed by atoms with Crippen LogP contribution in [-0.4, -0.2) is 184 Å². The summed E-state index contributed by atoms with van der Waals surface area (Å²) in [4.78, 5) is 34.2. The molecular weight excluding hydrogens is 1050 g/mol. The van der Waals surface area contributed by atoms with E-state index in [-0.39, 0.29) is 67.8 Å². The summed E-state index contributed by atoms with van der Waals surface area (Å²) in [5, 5.41) is 11.9. The highest BCUT2D eigenvalue weighted by atomic mass is 35.5. The third kappa shape index (κ3) is 10.8. The lowest BCUT2D eigenvalue weighted by molar-refractivity contribution is -0.134. The lowest BCUT2D eigenvalue weighted by Gasteiger charge is -2.46. The predicted octanol–water partition coefficient (Wildman–Crippen LogP) is 6.95. The molecule has 5 aliphatic heterocycles. The van der Waals surface area contributed by atoms with Gasteiger partial charge in [-0.05, 0) is 67.0 Å². The van der Waals surface area contributed by atoms with Gasteiger partial charge in [-0.2, -0.15) is 15.0 Å². The summed E-state index contributed by atoms with van der Waals surface area (Å²) in [6, 6.07) is 16.3. The molecule has 0 spiro atoms. The van der Waals surface area contributed by atoms with Crippen LogP contribution in [0.15, 0.2) is 66.9 Å². The second-order valence-electron chi connectivity index (χ2n) is 21.3. The molecule has 5 saturated heterocycles. The fourth-order valence-electron chi connectivity index (χ4n) is 11.8. The number of likely N-dealkylation sites (tertiary alicyclic amines) is 1. The highest BCUT2D eigenvalue weighted by molar-refractivity contribution is 6.33. The normalized spacial score (nSPS) is 24.9. The Labute approximate surface area is 458 Å². The Balaban J connectivity index is 0.638. The molecule has 0 saturated carbocycles. The fraction of sp³-hybridized carbons (Fsp3) is 0.456. The molecule has 12 rings (SSSR count). The van der Waals surface area contributed by atoms with Crippen molar-refractivity contribution >= 4 is 50.3 Å². The SMILES string of the molecule is C#Cc1c(F)ccc2cccc(-c3ncc4c(N5CC(C)CCC(N)C5)nc(OCCN5CCN([C@@H]6CCN(CCOc7ccc(-c8nc9nc(O[C@@H]%10CO[C@H]%11[C@@H]%10OC[C@H]%11O)[nH]c9cc8Cl)cc7)CC6(F)F)CC5)nc4c3F)c12. The highest BCUT2D eigenvalue weighted by Gasteiger charge is 2.49. The number of pyridine rings is 2. The van der Waals surface area contributed by atoms with Gasteiger partial charge in [-0.25, -0.2) is 22.5 Å². The van der Waals surface area contributed by atoms with Crippen molar-refractivity contribution in [2.75, 3.05) is 96.8 Å². The molecule has 9 heterocycles. The Hall–Kier alpha value is -6.48. The van der Waals surface area contributed by atoms with Crippen LogP contribution in [0.4, 0.5) is 23.4 Å². The smallest absolute Gasteiger partial charge is 0.319 e. The predicted molar refractivity (Wildman–Crippen MR) is 290 cm³/mol. The average molecular weight is 1110 g/mol. The van der Waals surface area contributed by atoms with Gasteiger partial charge in [-0.3, -0.25) is 19.7 Å². The van der Waals surface area contributed by atoms with Gasteiger partial charge < -0.3 is 44.4 Å². The molecule has 22 heteroatoms. The number of nitrogens with two attached hydrogens (primary N) is 1. The third-order valence-corrected chi connectivity index (χ3v) is 16.2. The van der Waals surface area contributed by atoms with Gasteiger partial charge in [0.05, 0.1) is 53.0 Å². The van der Waals surface area contributed by atoms with Crippen LogP contribution in [0.1, 0.15) is 31.7 Å². The topological polar surface area (TPSA) is 186 Å². The third-order valence-electron chi connectivity index (χ3n) is 15.9. The number of aromatic amines is 1. The van der Waals surface area contributed by atoms with E-state index in [4.69, 9.17) is 52.4 Å². The van der Waals surface area contributed by atoms with E-state index in [9.17, 15) is 5.11 Å². The molecule has 7 aromatic rings. The van der Waals surface area contributed by atoms with Gasteiger partial charge in [-0.15, -0.1) is 6.42 Å². The van der Waals surface area contributed by atoms with Gasteiger partial charge in [-0.1, -0.05) is 48.7 Å². The summed E-state index contributed by atoms with van der Waals surface area (Å²) in [7, 11) is 0. The van der Waals surface area contributed by atoms with Crippen molar-refractivity contribution in [3.05, 3.63) is 89.1 Å². The first-order valence-electron chi connectivity index (χ1n) is 26.9. The number of alkyl halides is 2. The summed E-state index contributed by atoms with van der Waals surface area (Å²) < 4.78 is 93.5. The van der Waals surface area contributed by atoms with Crippen LogP contribution in [0.25, 0.3) is 55.4 Å². The zero-order valence-electron chi connectivity index (χ0n) is 43.5. The molecular formula is C57H60ClF4N11O6. The van der Waals surface area contributed by atoms with E-state index in [0.717, 1.165) is 18.4 Å². The molecule has 0 aliphatic carbocycles. The summed E-state index contributed by atoms with van der Waals surface area (Å²) in [6.07, 6.45) is 7.44. The van der Waals surface area contributed by atoms with Crippen LogP contribution in [0.3, 0.4) is 0 Å². The largest absolute Gasteiger partial charge is 0.492 e. The number of anilines is 1. The van der Waals surface area contributed by atoms with Crippen molar-refractivity contribution in [1.82, 2.24) is 44.6 Å². The molecule has 3 aromatic carbocycles. The number of aliphatic hydroxyl groups is 1. The summed E-state index contributed by atoms with van der Waals surface area (Å²) in [5.74, 6) is -0.486. The van der Waals surface area contributed by atoms with Crippen molar-refractivity contribution in [3.8, 4) is 52.6 Å². The maximum absolute atomic E-state index is 17.0. The average Bonchev–Trinajstić information content (AvgIpc) is 4.27. The second kappa shape index (κ2) is 22.2. The number of fused-ring (bicyclic) bond motifs is 4. The van der Waals surface area contributed by atoms with Crippen LogP contribution in [0, 0.1) is 29.9 Å². The zero-order chi connectivity index (χ0) is 54.5. The van der Waals surface area contributed by atoms with Gasteiger partial charge in [0.2, 0.25) is 0 Å². The molecule has 5 aliphatic rings. The second-order valence-corrected chi connectivity index (χ2v) is 21.7. The standard InChI is InChI=1S/C57H60ClF4N11O6/c1-3-37-41(59)14-10-33-5-4-6-38(46(33)37)49-47(60)50-39(26-64-49)54(73-27-32(2)7-11-35(63)28-73)69-55(67-50)76-24-21-70-17-19-72(20-18-70)45-15-16-71(31-57(45,61)62)22-23-75-36-12-8-34(9-13-36)48-40(58)25-42-53(66-48)68-56(65-42)79-44-30-78-51-43(74)29-77-52(44)51/h1,4-6,8-10,12-14,25-26,32,35,43-45,51-52,74H,7,11,15-24,27-31,63H2,2H3,(H,65,66,68)/t32?,35?,43-,44-,45-,51-,52-/m1/s1. The first-order chi connectivity index (χ1) is 38.3. The highest BCUT2D eigenvalue weighted by Crippen LogP contribution is 2.39. The molecule has 4 N–H and O–H groups in total. The number of benzene rings is 3. The van der Waals surface area contributed by atoms with E-state index in [0.29, 0.717) is 126 Å². The number of piperazine rings is 1. The Morgan fingerprint density at radius 3 is 2.49 bits per heavy atom. The Kier molecular flexibility index (Phi) is 15.0. The number of nitrogens with one attached hydrogen (secondary N) is 1. The van der Waals surface area contributed by atoms with Crippen LogP contribution >= 0.6 is 11.6 Å². The van der Waals surface area contributed by atoms with Crippen molar-refractivity contribution in [1.29, 1.82) is 0 Å². The molecule has 4 aromatic heterocycles. The Bertz CT molecular complexity index is 3410. The Morgan fingerprint density at radius 2 is 1.68 bits per heavy atom. The number of piperidine rings is 1. The number of aliphatic hydroxyl groups excluding tert-OH is 1. The minimum absolute atomic E-state index is 0.00456. The van der Waals surface area contributed by atoms with Gasteiger partial charge in [0.15, 0.2) is 17.6 Å². The number of halogens is 5. The molecule has 414 valence electrons. The minimum atomic E-state index is -2.93. The van der Waals surface area contributed by atoms with Crippen molar-refractivity contribution in [2.24, 2.45) is 11.7 Å². The van der Waals surface area contributed by atoms with E-state index < -0.39 is 48.0 Å². The van der Waals surface area contributed by atoms with E-state index in [1.54, 1.807) is 53.6 Å². The van der Waals surface area contributed by atoms with Crippen molar-refractivity contribution in [3.63, 3.8) is 0 Å². The number of H-pyrrole nitrogens is 1. The van der Waals surface area contributed by atoms with E-state index in [1.165, 1.54) is 6.07 Å². The van der Waals surface area contributed by atoms with Crippen LogP contribution in [-0.2, 0) is 9.47 Å². The van der Waals surface area contributed by atoms with E-state index >= 15 is 17.6 Å². The monoisotopic (exact) mass is 1110 g/mol. The first-order valence-corrected chi connectivity index (χ1v) is 27.3. The minimum Gasteiger partial charge on any atom is -0.492 e. The number of imidazole rings is 1.